The summed E-state index contributed by atoms with van der Waals surface area (Å²) < 4.78 is 0. The highest BCUT2D eigenvalue weighted by atomic mass is 16.2. The third-order valence-electron chi connectivity index (χ3n) is 2.65. The molecular formula is C12H16N4O. The predicted molar refractivity (Wildman–Crippen MR) is 65.8 cm³/mol. The molecule has 0 atom stereocenters. The van der Waals surface area contributed by atoms with E-state index < -0.39 is 0 Å². The average Bonchev–Trinajstić information content (AvgIpc) is 2.82. The van der Waals surface area contributed by atoms with Gasteiger partial charge in [-0.3, -0.25) is 4.79 Å². The van der Waals surface area contributed by atoms with Crippen LogP contribution in [-0.2, 0) is 0 Å². The number of carbonyl (C=O) groups excluding carboxylic acids is 1. The molecule has 5 heteroatoms. The van der Waals surface area contributed by atoms with E-state index in [4.69, 9.17) is 0 Å². The molecule has 0 spiro atoms. The Hall–Kier alpha value is -1.91. The Balaban J connectivity index is 2.00. The highest BCUT2D eigenvalue weighted by molar-refractivity contribution is 5.91. The molecule has 17 heavy (non-hydrogen) atoms. The summed E-state index contributed by atoms with van der Waals surface area (Å²) in [5.41, 5.74) is 0.366. The van der Waals surface area contributed by atoms with Crippen molar-refractivity contribution >= 4 is 11.7 Å². The van der Waals surface area contributed by atoms with E-state index in [1.54, 1.807) is 26.2 Å². The number of carbonyl (C=O) groups is 1. The summed E-state index contributed by atoms with van der Waals surface area (Å²) in [7, 11) is 3.39. The minimum atomic E-state index is -0.133. The maximum atomic E-state index is 11.6. The first-order chi connectivity index (χ1) is 8.16. The third-order valence-corrected chi connectivity index (χ3v) is 2.65. The Kier molecular flexibility index (Phi) is 3.37. The Bertz CT molecular complexity index is 417. The monoisotopic (exact) mass is 232 g/mol. The Labute approximate surface area is 101 Å². The van der Waals surface area contributed by atoms with E-state index in [9.17, 15) is 4.79 Å². The number of rotatable bonds is 3. The number of amides is 1. The van der Waals surface area contributed by atoms with Gasteiger partial charge in [0.25, 0.3) is 5.91 Å². The molecule has 0 fully saturated rings. The maximum absolute atomic E-state index is 11.6. The Morgan fingerprint density at radius 2 is 2.00 bits per heavy atom. The highest BCUT2D eigenvalue weighted by Gasteiger charge is 2.12. The predicted octanol–water partition coefficient (Wildman–Crippen LogP) is 1.31. The minimum absolute atomic E-state index is 0.133. The first kappa shape index (κ1) is 11.6. The minimum Gasteiger partial charge on any atom is -0.365 e. The molecule has 1 heterocycles. The zero-order chi connectivity index (χ0) is 12.3. The highest BCUT2D eigenvalue weighted by Crippen LogP contribution is 2.14. The van der Waals surface area contributed by atoms with Gasteiger partial charge in [0.2, 0.25) is 0 Å². The van der Waals surface area contributed by atoms with Gasteiger partial charge in [0.15, 0.2) is 5.69 Å². The summed E-state index contributed by atoms with van der Waals surface area (Å²) in [5, 5.41) is 11.2. The molecule has 1 amide bonds. The lowest BCUT2D eigenvalue weighted by atomic mass is 10.2. The molecule has 1 aromatic rings. The van der Waals surface area contributed by atoms with Crippen LogP contribution >= 0.6 is 0 Å². The summed E-state index contributed by atoms with van der Waals surface area (Å²) in [4.78, 5) is 13.1. The number of aromatic nitrogens is 2. The van der Waals surface area contributed by atoms with Crippen molar-refractivity contribution in [3.63, 3.8) is 0 Å². The number of hydrogen-bond donors (Lipinski definition) is 1. The molecule has 1 N–H and O–H groups in total. The fourth-order valence-corrected chi connectivity index (χ4v) is 1.70. The molecule has 0 bridgehead atoms. The molecule has 0 saturated heterocycles. The molecule has 5 nitrogen and oxygen atoms in total. The quantitative estimate of drug-likeness (QED) is 0.798. The van der Waals surface area contributed by atoms with Crippen molar-refractivity contribution < 1.29 is 4.79 Å². The van der Waals surface area contributed by atoms with Crippen LogP contribution in [0.15, 0.2) is 24.3 Å². The molecule has 2 rings (SSSR count). The van der Waals surface area contributed by atoms with Crippen LogP contribution in [0.4, 0.5) is 5.82 Å². The van der Waals surface area contributed by atoms with Crippen molar-refractivity contribution in [2.75, 3.05) is 19.4 Å². The van der Waals surface area contributed by atoms with Gasteiger partial charge in [0, 0.05) is 20.1 Å². The standard InChI is InChI=1S/C12H16N4O/c1-16(2)12(17)10-7-8-11(15-14-10)13-9-5-3-4-6-9/h3-4,7-9H,5-6H2,1-2H3,(H,13,15). The summed E-state index contributed by atoms with van der Waals surface area (Å²) in [6.07, 6.45) is 6.32. The van der Waals surface area contributed by atoms with Crippen LogP contribution < -0.4 is 5.32 Å². The van der Waals surface area contributed by atoms with Crippen molar-refractivity contribution in [2.24, 2.45) is 0 Å². The molecule has 0 saturated carbocycles. The normalized spacial score (nSPS) is 14.9. The van der Waals surface area contributed by atoms with E-state index in [0.29, 0.717) is 17.6 Å². The Morgan fingerprint density at radius 1 is 1.29 bits per heavy atom. The van der Waals surface area contributed by atoms with Crippen LogP contribution in [0.25, 0.3) is 0 Å². The summed E-state index contributed by atoms with van der Waals surface area (Å²) in [5.74, 6) is 0.584. The van der Waals surface area contributed by atoms with Crippen LogP contribution in [0.3, 0.4) is 0 Å². The number of nitrogens with zero attached hydrogens (tertiary/aromatic N) is 3. The van der Waals surface area contributed by atoms with Crippen LogP contribution in [0, 0.1) is 0 Å². The second-order valence-corrected chi connectivity index (χ2v) is 4.29. The van der Waals surface area contributed by atoms with Crippen molar-refractivity contribution in [1.29, 1.82) is 0 Å². The van der Waals surface area contributed by atoms with Gasteiger partial charge in [0.1, 0.15) is 5.82 Å². The molecular weight excluding hydrogens is 216 g/mol. The van der Waals surface area contributed by atoms with Crippen molar-refractivity contribution in [3.05, 3.63) is 30.0 Å². The van der Waals surface area contributed by atoms with Crippen LogP contribution in [0.5, 0.6) is 0 Å². The van der Waals surface area contributed by atoms with Crippen LogP contribution in [-0.4, -0.2) is 41.1 Å². The molecule has 90 valence electrons. The molecule has 1 aliphatic rings. The van der Waals surface area contributed by atoms with Gasteiger partial charge in [-0.2, -0.15) is 0 Å². The fourth-order valence-electron chi connectivity index (χ4n) is 1.70. The van der Waals surface area contributed by atoms with E-state index in [1.807, 2.05) is 0 Å². The first-order valence-corrected chi connectivity index (χ1v) is 5.64. The Morgan fingerprint density at radius 3 is 2.53 bits per heavy atom. The molecule has 1 aliphatic carbocycles. The van der Waals surface area contributed by atoms with Gasteiger partial charge in [0.05, 0.1) is 0 Å². The lowest BCUT2D eigenvalue weighted by Crippen LogP contribution is -2.23. The number of nitrogens with one attached hydrogen (secondary N) is 1. The van der Waals surface area contributed by atoms with Crippen LogP contribution in [0.2, 0.25) is 0 Å². The van der Waals surface area contributed by atoms with Gasteiger partial charge in [-0.25, -0.2) is 0 Å². The molecule has 0 radical (unpaired) electrons. The van der Waals surface area contributed by atoms with Gasteiger partial charge < -0.3 is 10.2 Å². The average molecular weight is 232 g/mol. The van der Waals surface area contributed by atoms with Gasteiger partial charge in [-0.15, -0.1) is 10.2 Å². The number of hydrogen-bond acceptors (Lipinski definition) is 4. The lowest BCUT2D eigenvalue weighted by Gasteiger charge is -2.13. The fraction of sp³-hybridized carbons (Fsp3) is 0.417. The lowest BCUT2D eigenvalue weighted by molar-refractivity contribution is 0.0821. The van der Waals surface area contributed by atoms with E-state index in [-0.39, 0.29) is 5.91 Å². The topological polar surface area (TPSA) is 58.1 Å². The van der Waals surface area contributed by atoms with E-state index >= 15 is 0 Å². The van der Waals surface area contributed by atoms with Crippen molar-refractivity contribution in [2.45, 2.75) is 18.9 Å². The molecule has 0 unspecified atom stereocenters. The second-order valence-electron chi connectivity index (χ2n) is 4.29. The third kappa shape index (κ3) is 2.81. The van der Waals surface area contributed by atoms with Gasteiger partial charge in [-0.05, 0) is 25.0 Å². The van der Waals surface area contributed by atoms with E-state index in [2.05, 4.69) is 27.7 Å². The second kappa shape index (κ2) is 4.95. The summed E-state index contributed by atoms with van der Waals surface area (Å²) in [6, 6.07) is 3.89. The van der Waals surface area contributed by atoms with E-state index in [0.717, 1.165) is 12.8 Å². The summed E-state index contributed by atoms with van der Waals surface area (Å²) >= 11 is 0. The zero-order valence-corrected chi connectivity index (χ0v) is 10.1. The first-order valence-electron chi connectivity index (χ1n) is 5.64. The smallest absolute Gasteiger partial charge is 0.273 e. The largest absolute Gasteiger partial charge is 0.365 e. The maximum Gasteiger partial charge on any atom is 0.273 e. The van der Waals surface area contributed by atoms with E-state index in [1.165, 1.54) is 4.90 Å². The van der Waals surface area contributed by atoms with Crippen molar-refractivity contribution in [3.8, 4) is 0 Å². The summed E-state index contributed by atoms with van der Waals surface area (Å²) in [6.45, 7) is 0. The van der Waals surface area contributed by atoms with Crippen molar-refractivity contribution in [1.82, 2.24) is 15.1 Å². The molecule has 0 aromatic carbocycles. The van der Waals surface area contributed by atoms with Gasteiger partial charge >= 0.3 is 0 Å². The zero-order valence-electron chi connectivity index (χ0n) is 10.1. The number of anilines is 1. The SMILES string of the molecule is CN(C)C(=O)c1ccc(NC2CC=CC2)nn1. The molecule has 0 aliphatic heterocycles. The molecule has 1 aromatic heterocycles. The van der Waals surface area contributed by atoms with Crippen LogP contribution in [0.1, 0.15) is 23.3 Å². The van der Waals surface area contributed by atoms with Gasteiger partial charge in [-0.1, -0.05) is 12.2 Å².